The van der Waals surface area contributed by atoms with Gasteiger partial charge in [0.15, 0.2) is 0 Å². The summed E-state index contributed by atoms with van der Waals surface area (Å²) in [4.78, 5) is 12.7. The molecule has 2 aromatic carbocycles. The number of piperidine rings is 1. The fourth-order valence-electron chi connectivity index (χ4n) is 3.74. The number of aryl methyl sites for hydroxylation is 3. The molecule has 0 saturated carbocycles. The number of rotatable bonds is 5. The number of sulfonamides is 1. The van der Waals surface area contributed by atoms with Gasteiger partial charge in [0.2, 0.25) is 15.9 Å². The minimum absolute atomic E-state index is 0.00788. The lowest BCUT2D eigenvalue weighted by Gasteiger charge is -2.30. The van der Waals surface area contributed by atoms with Crippen molar-refractivity contribution < 1.29 is 13.2 Å². The molecule has 1 saturated heterocycles. The van der Waals surface area contributed by atoms with Crippen LogP contribution in [0.25, 0.3) is 0 Å². The molecule has 2 aromatic rings. The van der Waals surface area contributed by atoms with Crippen molar-refractivity contribution in [3.8, 4) is 0 Å². The van der Waals surface area contributed by atoms with Crippen molar-refractivity contribution in [2.75, 3.05) is 18.4 Å². The lowest BCUT2D eigenvalue weighted by atomic mass is 9.96. The topological polar surface area (TPSA) is 66.5 Å². The van der Waals surface area contributed by atoms with Crippen molar-refractivity contribution in [2.45, 2.75) is 39.4 Å². The Hall–Kier alpha value is -2.18. The summed E-state index contributed by atoms with van der Waals surface area (Å²) < 4.78 is 27.0. The average molecular weight is 401 g/mol. The number of anilines is 1. The van der Waals surface area contributed by atoms with Crippen LogP contribution in [0.5, 0.6) is 0 Å². The maximum absolute atomic E-state index is 12.7. The Bertz CT molecular complexity index is 941. The minimum atomic E-state index is -3.37. The quantitative estimate of drug-likeness (QED) is 0.830. The van der Waals surface area contributed by atoms with Gasteiger partial charge in [-0.05, 0) is 50.3 Å². The number of carbonyl (C=O) groups excluding carboxylic acids is 1. The van der Waals surface area contributed by atoms with E-state index in [0.717, 1.165) is 27.9 Å². The van der Waals surface area contributed by atoms with Gasteiger partial charge in [-0.1, -0.05) is 48.0 Å². The van der Waals surface area contributed by atoms with Gasteiger partial charge in [-0.2, -0.15) is 0 Å². The second-order valence-corrected chi connectivity index (χ2v) is 9.64. The Morgan fingerprint density at radius 2 is 1.64 bits per heavy atom. The van der Waals surface area contributed by atoms with Crippen LogP contribution >= 0.6 is 0 Å². The van der Waals surface area contributed by atoms with Gasteiger partial charge < -0.3 is 5.32 Å². The SMILES string of the molecule is Cc1cccc(CS(=O)(=O)N2CCC(C(=O)Nc3c(C)cccc3C)CC2)c1. The van der Waals surface area contributed by atoms with Crippen LogP contribution in [0.3, 0.4) is 0 Å². The Kier molecular flexibility index (Phi) is 6.20. The van der Waals surface area contributed by atoms with E-state index in [1.807, 2.05) is 63.2 Å². The number of hydrogen-bond acceptors (Lipinski definition) is 3. The molecular weight excluding hydrogens is 372 g/mol. The zero-order valence-electron chi connectivity index (χ0n) is 16.7. The lowest BCUT2D eigenvalue weighted by molar-refractivity contribution is -0.120. The second-order valence-electron chi connectivity index (χ2n) is 7.67. The molecule has 28 heavy (non-hydrogen) atoms. The zero-order chi connectivity index (χ0) is 20.3. The van der Waals surface area contributed by atoms with Crippen molar-refractivity contribution in [3.05, 3.63) is 64.7 Å². The van der Waals surface area contributed by atoms with Crippen LogP contribution < -0.4 is 5.32 Å². The summed E-state index contributed by atoms with van der Waals surface area (Å²) in [5, 5.41) is 3.04. The molecule has 0 bridgehead atoms. The van der Waals surface area contributed by atoms with Gasteiger partial charge in [-0.15, -0.1) is 0 Å². The zero-order valence-corrected chi connectivity index (χ0v) is 17.6. The fraction of sp³-hybridized carbons (Fsp3) is 0.409. The van der Waals surface area contributed by atoms with E-state index >= 15 is 0 Å². The molecule has 0 aliphatic carbocycles. The van der Waals surface area contributed by atoms with Gasteiger partial charge >= 0.3 is 0 Å². The molecule has 1 heterocycles. The van der Waals surface area contributed by atoms with Crippen LogP contribution in [-0.2, 0) is 20.6 Å². The highest BCUT2D eigenvalue weighted by Crippen LogP contribution is 2.25. The molecule has 1 fully saturated rings. The first-order valence-electron chi connectivity index (χ1n) is 9.67. The number of benzene rings is 2. The van der Waals surface area contributed by atoms with Crippen molar-refractivity contribution in [1.82, 2.24) is 4.31 Å². The molecule has 0 aromatic heterocycles. The number of para-hydroxylation sites is 1. The van der Waals surface area contributed by atoms with Crippen molar-refractivity contribution >= 4 is 21.6 Å². The Balaban J connectivity index is 1.60. The monoisotopic (exact) mass is 400 g/mol. The summed E-state index contributed by atoms with van der Waals surface area (Å²) in [5.74, 6) is -0.175. The average Bonchev–Trinajstić information content (AvgIpc) is 2.64. The Morgan fingerprint density at radius 3 is 2.25 bits per heavy atom. The summed E-state index contributed by atoms with van der Waals surface area (Å²) in [6.07, 6.45) is 1.09. The molecular formula is C22H28N2O3S. The summed E-state index contributed by atoms with van der Waals surface area (Å²) >= 11 is 0. The van der Waals surface area contributed by atoms with E-state index in [4.69, 9.17) is 0 Å². The maximum atomic E-state index is 12.7. The highest BCUT2D eigenvalue weighted by molar-refractivity contribution is 7.88. The normalized spacial score (nSPS) is 16.1. The lowest BCUT2D eigenvalue weighted by Crippen LogP contribution is -2.42. The number of amides is 1. The third-order valence-electron chi connectivity index (χ3n) is 5.38. The number of nitrogens with one attached hydrogen (secondary N) is 1. The minimum Gasteiger partial charge on any atom is -0.325 e. The van der Waals surface area contributed by atoms with Gasteiger partial charge in [0, 0.05) is 24.7 Å². The van der Waals surface area contributed by atoms with Gasteiger partial charge in [-0.3, -0.25) is 4.79 Å². The molecule has 3 rings (SSSR count). The number of hydrogen-bond donors (Lipinski definition) is 1. The van der Waals surface area contributed by atoms with Gasteiger partial charge in [-0.25, -0.2) is 12.7 Å². The van der Waals surface area contributed by atoms with Gasteiger partial charge in [0.1, 0.15) is 0 Å². The fourth-order valence-corrected chi connectivity index (χ4v) is 5.29. The molecule has 1 aliphatic heterocycles. The first-order valence-corrected chi connectivity index (χ1v) is 11.3. The van der Waals surface area contributed by atoms with Gasteiger partial charge in [0.25, 0.3) is 0 Å². The van der Waals surface area contributed by atoms with E-state index in [-0.39, 0.29) is 17.6 Å². The van der Waals surface area contributed by atoms with Crippen molar-refractivity contribution in [2.24, 2.45) is 5.92 Å². The number of nitrogens with zero attached hydrogens (tertiary/aromatic N) is 1. The van der Waals surface area contributed by atoms with Crippen LogP contribution in [0.15, 0.2) is 42.5 Å². The first kappa shape index (κ1) is 20.6. The summed E-state index contributed by atoms with van der Waals surface area (Å²) in [7, 11) is -3.37. The largest absolute Gasteiger partial charge is 0.325 e. The van der Waals surface area contributed by atoms with Crippen LogP contribution in [-0.4, -0.2) is 31.7 Å². The van der Waals surface area contributed by atoms with Crippen LogP contribution in [0.4, 0.5) is 5.69 Å². The third kappa shape index (κ3) is 4.80. The van der Waals surface area contributed by atoms with E-state index in [2.05, 4.69) is 5.32 Å². The molecule has 1 amide bonds. The molecule has 1 N–H and O–H groups in total. The molecule has 150 valence electrons. The Morgan fingerprint density at radius 1 is 1.04 bits per heavy atom. The van der Waals surface area contributed by atoms with Crippen LogP contribution in [0, 0.1) is 26.7 Å². The van der Waals surface area contributed by atoms with Crippen molar-refractivity contribution in [3.63, 3.8) is 0 Å². The van der Waals surface area contributed by atoms with Gasteiger partial charge in [0.05, 0.1) is 5.75 Å². The Labute approximate surface area is 167 Å². The second kappa shape index (κ2) is 8.45. The molecule has 0 unspecified atom stereocenters. The summed E-state index contributed by atoms with van der Waals surface area (Å²) in [6, 6.07) is 13.5. The predicted molar refractivity (Wildman–Crippen MR) is 113 cm³/mol. The summed E-state index contributed by atoms with van der Waals surface area (Å²) in [6.45, 7) is 6.68. The molecule has 6 heteroatoms. The molecule has 0 atom stereocenters. The van der Waals surface area contributed by atoms with E-state index in [1.54, 1.807) is 0 Å². The van der Waals surface area contributed by atoms with Crippen LogP contribution in [0.2, 0.25) is 0 Å². The highest BCUT2D eigenvalue weighted by atomic mass is 32.2. The van der Waals surface area contributed by atoms with Crippen LogP contribution in [0.1, 0.15) is 35.1 Å². The van der Waals surface area contributed by atoms with E-state index < -0.39 is 10.0 Å². The number of carbonyl (C=O) groups is 1. The highest BCUT2D eigenvalue weighted by Gasteiger charge is 2.31. The molecule has 0 radical (unpaired) electrons. The van der Waals surface area contributed by atoms with E-state index in [0.29, 0.717) is 25.9 Å². The molecule has 0 spiro atoms. The van der Waals surface area contributed by atoms with Crippen molar-refractivity contribution in [1.29, 1.82) is 0 Å². The predicted octanol–water partition coefficient (Wildman–Crippen LogP) is 3.79. The van der Waals surface area contributed by atoms with E-state index in [9.17, 15) is 13.2 Å². The smallest absolute Gasteiger partial charge is 0.227 e. The molecule has 5 nitrogen and oxygen atoms in total. The first-order chi connectivity index (χ1) is 13.3. The maximum Gasteiger partial charge on any atom is 0.227 e. The summed E-state index contributed by atoms with van der Waals surface area (Å²) in [5.41, 5.74) is 4.78. The third-order valence-corrected chi connectivity index (χ3v) is 7.23. The molecule has 1 aliphatic rings. The van der Waals surface area contributed by atoms with E-state index in [1.165, 1.54) is 4.31 Å². The standard InChI is InChI=1S/C22H28N2O3S/c1-16-6-4-9-19(14-16)15-28(26,27)24-12-10-20(11-13-24)22(25)23-21-17(2)7-5-8-18(21)3/h4-9,14,20H,10-13,15H2,1-3H3,(H,23,25).